The van der Waals surface area contributed by atoms with Gasteiger partial charge in [0.15, 0.2) is 0 Å². The van der Waals surface area contributed by atoms with Crippen LogP contribution in [0.5, 0.6) is 0 Å². The molecule has 0 saturated carbocycles. The van der Waals surface area contributed by atoms with Crippen LogP contribution in [0.4, 0.5) is 0 Å². The highest BCUT2D eigenvalue weighted by atomic mass is 32.2. The van der Waals surface area contributed by atoms with Crippen LogP contribution < -0.4 is 0 Å². The predicted octanol–water partition coefficient (Wildman–Crippen LogP) is 4.02. The van der Waals surface area contributed by atoms with Crippen molar-refractivity contribution in [2.45, 2.75) is 57.9 Å². The molecule has 2 atom stereocenters. The summed E-state index contributed by atoms with van der Waals surface area (Å²) in [6.07, 6.45) is 3.41. The summed E-state index contributed by atoms with van der Waals surface area (Å²) in [5.41, 5.74) is 2.58. The maximum Gasteiger partial charge on any atom is 0.233 e. The van der Waals surface area contributed by atoms with Crippen LogP contribution in [-0.4, -0.2) is 28.6 Å². The Morgan fingerprint density at radius 3 is 2.65 bits per heavy atom. The minimum atomic E-state index is 0.318. The number of nitrogens with zero attached hydrogens (tertiary/aromatic N) is 1. The Bertz CT molecular complexity index is 443. The molecule has 3 heteroatoms. The van der Waals surface area contributed by atoms with Crippen molar-refractivity contribution in [3.63, 3.8) is 0 Å². The predicted molar refractivity (Wildman–Crippen MR) is 87.0 cm³/mol. The van der Waals surface area contributed by atoms with Crippen molar-refractivity contribution in [1.82, 2.24) is 4.90 Å². The number of aryl methyl sites for hydroxylation is 1. The molecular formula is C17H25NOS. The molecule has 1 saturated heterocycles. The van der Waals surface area contributed by atoms with Gasteiger partial charge in [-0.1, -0.05) is 36.8 Å². The van der Waals surface area contributed by atoms with Crippen LogP contribution in [0.3, 0.4) is 0 Å². The van der Waals surface area contributed by atoms with Crippen LogP contribution in [0.15, 0.2) is 24.3 Å². The monoisotopic (exact) mass is 291 g/mol. The van der Waals surface area contributed by atoms with Gasteiger partial charge in [0, 0.05) is 17.8 Å². The molecule has 0 aromatic heterocycles. The molecule has 0 N–H and O–H groups in total. The first-order valence-corrected chi connectivity index (χ1v) is 8.71. The van der Waals surface area contributed by atoms with Gasteiger partial charge >= 0.3 is 0 Å². The highest BCUT2D eigenvalue weighted by Crippen LogP contribution is 2.27. The zero-order chi connectivity index (χ0) is 14.5. The molecular weight excluding hydrogens is 266 g/mol. The Morgan fingerprint density at radius 1 is 1.30 bits per heavy atom. The SMILES string of the molecule is CC[C@@H]1CC[C@@H](C)N1C(=O)CSCc1ccc(C)cc1. The molecule has 1 aromatic rings. The molecule has 0 radical (unpaired) electrons. The summed E-state index contributed by atoms with van der Waals surface area (Å²) < 4.78 is 0. The van der Waals surface area contributed by atoms with E-state index in [4.69, 9.17) is 0 Å². The van der Waals surface area contributed by atoms with Gasteiger partial charge in [-0.25, -0.2) is 0 Å². The summed E-state index contributed by atoms with van der Waals surface area (Å²) in [4.78, 5) is 14.5. The average Bonchev–Trinajstić information content (AvgIpc) is 2.82. The molecule has 1 aliphatic heterocycles. The van der Waals surface area contributed by atoms with Gasteiger partial charge in [0.1, 0.15) is 0 Å². The second-order valence-corrected chi connectivity index (χ2v) is 6.75. The molecule has 0 bridgehead atoms. The van der Waals surface area contributed by atoms with Gasteiger partial charge < -0.3 is 4.90 Å². The van der Waals surface area contributed by atoms with Gasteiger partial charge in [0.05, 0.1) is 5.75 Å². The van der Waals surface area contributed by atoms with Gasteiger partial charge in [-0.3, -0.25) is 4.79 Å². The van der Waals surface area contributed by atoms with Gasteiger partial charge in [0.2, 0.25) is 5.91 Å². The van der Waals surface area contributed by atoms with E-state index < -0.39 is 0 Å². The van der Waals surface area contributed by atoms with Crippen LogP contribution >= 0.6 is 11.8 Å². The molecule has 0 spiro atoms. The van der Waals surface area contributed by atoms with Crippen molar-refractivity contribution in [2.75, 3.05) is 5.75 Å². The summed E-state index contributed by atoms with van der Waals surface area (Å²) in [6, 6.07) is 9.46. The lowest BCUT2D eigenvalue weighted by Gasteiger charge is -2.28. The van der Waals surface area contributed by atoms with Crippen molar-refractivity contribution < 1.29 is 4.79 Å². The molecule has 1 aliphatic rings. The van der Waals surface area contributed by atoms with E-state index in [9.17, 15) is 4.79 Å². The fourth-order valence-corrected chi connectivity index (χ4v) is 3.79. The summed E-state index contributed by atoms with van der Waals surface area (Å²) in [6.45, 7) is 6.46. The number of likely N-dealkylation sites (tertiary alicyclic amines) is 1. The zero-order valence-corrected chi connectivity index (χ0v) is 13.6. The largest absolute Gasteiger partial charge is 0.336 e. The van der Waals surface area contributed by atoms with Crippen LogP contribution in [-0.2, 0) is 10.5 Å². The molecule has 1 amide bonds. The zero-order valence-electron chi connectivity index (χ0n) is 12.8. The van der Waals surface area contributed by atoms with Crippen molar-refractivity contribution in [3.05, 3.63) is 35.4 Å². The normalized spacial score (nSPS) is 22.2. The Hall–Kier alpha value is -0.960. The van der Waals surface area contributed by atoms with Crippen LogP contribution in [0.2, 0.25) is 0 Å². The maximum atomic E-state index is 12.4. The van der Waals surface area contributed by atoms with E-state index >= 15 is 0 Å². The third-order valence-corrected chi connectivity index (χ3v) is 5.15. The Labute approximate surface area is 126 Å². The number of hydrogen-bond acceptors (Lipinski definition) is 2. The molecule has 1 fully saturated rings. The van der Waals surface area contributed by atoms with E-state index in [0.717, 1.165) is 18.6 Å². The van der Waals surface area contributed by atoms with Gasteiger partial charge in [0.25, 0.3) is 0 Å². The molecule has 1 heterocycles. The lowest BCUT2D eigenvalue weighted by Crippen LogP contribution is -2.40. The Balaban J connectivity index is 1.81. The van der Waals surface area contributed by atoms with Crippen molar-refractivity contribution in [1.29, 1.82) is 0 Å². The quantitative estimate of drug-likeness (QED) is 0.816. The summed E-state index contributed by atoms with van der Waals surface area (Å²) in [5.74, 6) is 1.85. The van der Waals surface area contributed by atoms with Gasteiger partial charge in [-0.15, -0.1) is 11.8 Å². The smallest absolute Gasteiger partial charge is 0.233 e. The van der Waals surface area contributed by atoms with Crippen LogP contribution in [0.1, 0.15) is 44.2 Å². The molecule has 2 nitrogen and oxygen atoms in total. The summed E-state index contributed by atoms with van der Waals surface area (Å²) in [7, 11) is 0. The number of rotatable bonds is 5. The lowest BCUT2D eigenvalue weighted by molar-refractivity contribution is -0.130. The van der Waals surface area contributed by atoms with Gasteiger partial charge in [-0.2, -0.15) is 0 Å². The molecule has 2 rings (SSSR count). The minimum Gasteiger partial charge on any atom is -0.336 e. The topological polar surface area (TPSA) is 20.3 Å². The van der Waals surface area contributed by atoms with Gasteiger partial charge in [-0.05, 0) is 38.7 Å². The number of carbonyl (C=O) groups excluding carboxylic acids is 1. The van der Waals surface area contributed by atoms with Crippen molar-refractivity contribution in [2.24, 2.45) is 0 Å². The summed E-state index contributed by atoms with van der Waals surface area (Å²) in [5, 5.41) is 0. The third-order valence-electron chi connectivity index (χ3n) is 4.16. The van der Waals surface area contributed by atoms with Crippen LogP contribution in [0, 0.1) is 6.92 Å². The summed E-state index contributed by atoms with van der Waals surface area (Å²) >= 11 is 1.73. The average molecular weight is 291 g/mol. The highest BCUT2D eigenvalue weighted by Gasteiger charge is 2.32. The number of carbonyl (C=O) groups is 1. The van der Waals surface area contributed by atoms with Crippen LogP contribution in [0.25, 0.3) is 0 Å². The fraction of sp³-hybridized carbons (Fsp3) is 0.588. The van der Waals surface area contributed by atoms with E-state index in [1.54, 1.807) is 11.8 Å². The molecule has 20 heavy (non-hydrogen) atoms. The fourth-order valence-electron chi connectivity index (χ4n) is 2.94. The van der Waals surface area contributed by atoms with E-state index in [1.165, 1.54) is 17.5 Å². The van der Waals surface area contributed by atoms with Crippen molar-refractivity contribution >= 4 is 17.7 Å². The first-order chi connectivity index (χ1) is 9.61. The number of thioether (sulfide) groups is 1. The van der Waals surface area contributed by atoms with E-state index in [2.05, 4.69) is 49.9 Å². The van der Waals surface area contributed by atoms with E-state index in [0.29, 0.717) is 23.7 Å². The standard InChI is InChI=1S/C17H25NOS/c1-4-16-10-7-14(3)18(16)17(19)12-20-11-15-8-5-13(2)6-9-15/h5-6,8-9,14,16H,4,7,10-12H2,1-3H3/t14-,16-/m1/s1. The van der Waals surface area contributed by atoms with E-state index in [1.807, 2.05) is 0 Å². The molecule has 0 aliphatic carbocycles. The third kappa shape index (κ3) is 3.78. The second-order valence-electron chi connectivity index (χ2n) is 5.77. The first kappa shape index (κ1) is 15.4. The Kier molecular flexibility index (Phi) is 5.53. The second kappa shape index (κ2) is 7.16. The Morgan fingerprint density at radius 2 is 2.00 bits per heavy atom. The first-order valence-electron chi connectivity index (χ1n) is 7.56. The number of benzene rings is 1. The molecule has 1 aromatic carbocycles. The minimum absolute atomic E-state index is 0.318. The highest BCUT2D eigenvalue weighted by molar-refractivity contribution is 7.99. The van der Waals surface area contributed by atoms with E-state index in [-0.39, 0.29) is 0 Å². The maximum absolute atomic E-state index is 12.4. The molecule has 110 valence electrons. The lowest BCUT2D eigenvalue weighted by atomic mass is 10.1. The number of amides is 1. The molecule has 0 unspecified atom stereocenters. The number of hydrogen-bond donors (Lipinski definition) is 0. The van der Waals surface area contributed by atoms with Crippen molar-refractivity contribution in [3.8, 4) is 0 Å².